The highest BCUT2D eigenvalue weighted by Crippen LogP contribution is 2.14. The van der Waals surface area contributed by atoms with E-state index in [0.29, 0.717) is 18.8 Å². The topological polar surface area (TPSA) is 94.3 Å². The molecule has 2 rings (SSSR count). The Kier molecular flexibility index (Phi) is 3.88. The number of nitrogens with one attached hydrogen (secondary N) is 1. The molecule has 18 heavy (non-hydrogen) atoms. The molecule has 3 N–H and O–H groups in total. The van der Waals surface area contributed by atoms with Crippen molar-refractivity contribution >= 4 is 17.6 Å². The molecule has 1 aliphatic heterocycles. The fraction of sp³-hybridized carbons (Fsp3) is 0.417. The first-order valence-corrected chi connectivity index (χ1v) is 5.86. The van der Waals surface area contributed by atoms with Crippen LogP contribution in [0.2, 0.25) is 0 Å². The van der Waals surface area contributed by atoms with Gasteiger partial charge in [-0.2, -0.15) is 0 Å². The molecular formula is C12H15N3O3. The molecule has 0 saturated carbocycles. The first kappa shape index (κ1) is 12.5. The van der Waals surface area contributed by atoms with Crippen molar-refractivity contribution in [3.63, 3.8) is 0 Å². The van der Waals surface area contributed by atoms with Gasteiger partial charge in [0, 0.05) is 6.61 Å². The second-order valence-corrected chi connectivity index (χ2v) is 4.12. The summed E-state index contributed by atoms with van der Waals surface area (Å²) in [6.45, 7) is 0.604. The van der Waals surface area contributed by atoms with Gasteiger partial charge in [-0.1, -0.05) is 6.07 Å². The lowest BCUT2D eigenvalue weighted by Gasteiger charge is -2.21. The molecule has 0 aromatic carbocycles. The second-order valence-electron chi connectivity index (χ2n) is 4.12. The van der Waals surface area contributed by atoms with Crippen molar-refractivity contribution in [3.8, 4) is 0 Å². The molecule has 0 spiro atoms. The van der Waals surface area contributed by atoms with E-state index in [1.54, 1.807) is 12.1 Å². The van der Waals surface area contributed by atoms with Crippen LogP contribution in [0, 0.1) is 0 Å². The van der Waals surface area contributed by atoms with Crippen LogP contribution in [0.4, 0.5) is 5.82 Å². The Morgan fingerprint density at radius 1 is 1.39 bits per heavy atom. The largest absolute Gasteiger partial charge is 0.368 e. The summed E-state index contributed by atoms with van der Waals surface area (Å²) in [5.74, 6) is -0.547. The first-order chi connectivity index (χ1) is 8.66. The fourth-order valence-corrected chi connectivity index (χ4v) is 1.80. The van der Waals surface area contributed by atoms with E-state index in [1.807, 2.05) is 0 Å². The summed E-state index contributed by atoms with van der Waals surface area (Å²) in [5, 5.41) is 2.62. The molecule has 0 radical (unpaired) electrons. The predicted molar refractivity (Wildman–Crippen MR) is 65.0 cm³/mol. The summed E-state index contributed by atoms with van der Waals surface area (Å²) >= 11 is 0. The molecule has 1 aromatic rings. The average molecular weight is 249 g/mol. The average Bonchev–Trinajstić information content (AvgIpc) is 2.40. The van der Waals surface area contributed by atoms with E-state index in [-0.39, 0.29) is 11.6 Å². The van der Waals surface area contributed by atoms with E-state index in [2.05, 4.69) is 10.3 Å². The molecule has 1 unspecified atom stereocenters. The second kappa shape index (κ2) is 5.59. The molecule has 2 heterocycles. The van der Waals surface area contributed by atoms with Crippen LogP contribution in [0.1, 0.15) is 29.8 Å². The van der Waals surface area contributed by atoms with Gasteiger partial charge < -0.3 is 15.8 Å². The van der Waals surface area contributed by atoms with Crippen LogP contribution in [0.25, 0.3) is 0 Å². The summed E-state index contributed by atoms with van der Waals surface area (Å²) in [5.41, 5.74) is 5.24. The van der Waals surface area contributed by atoms with Crippen LogP contribution >= 0.6 is 0 Å². The minimum atomic E-state index is -0.625. The molecule has 0 aliphatic carbocycles. The molecular weight excluding hydrogens is 234 g/mol. The Balaban J connectivity index is 2.02. The van der Waals surface area contributed by atoms with Crippen LogP contribution in [-0.2, 0) is 9.53 Å². The van der Waals surface area contributed by atoms with Crippen molar-refractivity contribution in [2.45, 2.75) is 25.4 Å². The highest BCUT2D eigenvalue weighted by atomic mass is 16.5. The lowest BCUT2D eigenvalue weighted by Crippen LogP contribution is -2.33. The number of carbonyl (C=O) groups is 2. The molecule has 2 amide bonds. The highest BCUT2D eigenvalue weighted by Gasteiger charge is 2.22. The molecule has 1 aromatic heterocycles. The molecule has 0 bridgehead atoms. The van der Waals surface area contributed by atoms with Gasteiger partial charge in [-0.15, -0.1) is 0 Å². The summed E-state index contributed by atoms with van der Waals surface area (Å²) in [6, 6.07) is 4.71. The lowest BCUT2D eigenvalue weighted by atomic mass is 10.1. The normalized spacial score (nSPS) is 19.2. The Morgan fingerprint density at radius 2 is 2.22 bits per heavy atom. The van der Waals surface area contributed by atoms with Gasteiger partial charge in [0.1, 0.15) is 17.6 Å². The van der Waals surface area contributed by atoms with Gasteiger partial charge in [0.25, 0.3) is 11.8 Å². The maximum atomic E-state index is 11.9. The van der Waals surface area contributed by atoms with Crippen LogP contribution in [0.15, 0.2) is 18.2 Å². The lowest BCUT2D eigenvalue weighted by molar-refractivity contribution is -0.130. The Hall–Kier alpha value is -1.95. The molecule has 96 valence electrons. The number of ether oxygens (including phenoxy) is 1. The van der Waals surface area contributed by atoms with E-state index in [4.69, 9.17) is 10.5 Å². The van der Waals surface area contributed by atoms with Crippen LogP contribution in [-0.4, -0.2) is 29.5 Å². The van der Waals surface area contributed by atoms with E-state index in [1.165, 1.54) is 6.07 Å². The smallest absolute Gasteiger partial charge is 0.267 e. The number of nitrogens with two attached hydrogens (primary N) is 1. The number of pyridine rings is 1. The fourth-order valence-electron chi connectivity index (χ4n) is 1.80. The molecule has 6 nitrogen and oxygen atoms in total. The Bertz CT molecular complexity index is 456. The van der Waals surface area contributed by atoms with Gasteiger partial charge in [0.2, 0.25) is 0 Å². The summed E-state index contributed by atoms with van der Waals surface area (Å²) in [7, 11) is 0. The maximum absolute atomic E-state index is 11.9. The van der Waals surface area contributed by atoms with Crippen LogP contribution in [0.5, 0.6) is 0 Å². The van der Waals surface area contributed by atoms with Crippen LogP contribution < -0.4 is 11.1 Å². The molecule has 6 heteroatoms. The predicted octanol–water partition coefficient (Wildman–Crippen LogP) is 0.688. The van der Waals surface area contributed by atoms with Crippen molar-refractivity contribution in [2.75, 3.05) is 11.9 Å². The number of hydrogen-bond acceptors (Lipinski definition) is 4. The number of rotatable bonds is 3. The van der Waals surface area contributed by atoms with Gasteiger partial charge in [0.05, 0.1) is 0 Å². The van der Waals surface area contributed by atoms with Crippen molar-refractivity contribution < 1.29 is 14.3 Å². The third-order valence-electron chi connectivity index (χ3n) is 2.72. The summed E-state index contributed by atoms with van der Waals surface area (Å²) < 4.78 is 5.36. The minimum Gasteiger partial charge on any atom is -0.368 e. The van der Waals surface area contributed by atoms with Gasteiger partial charge in [-0.25, -0.2) is 4.98 Å². The van der Waals surface area contributed by atoms with E-state index < -0.39 is 12.0 Å². The number of carbonyl (C=O) groups excluding carboxylic acids is 2. The number of hydrogen-bond donors (Lipinski definition) is 2. The van der Waals surface area contributed by atoms with Gasteiger partial charge >= 0.3 is 0 Å². The molecule has 1 fully saturated rings. The maximum Gasteiger partial charge on any atom is 0.267 e. The van der Waals surface area contributed by atoms with Gasteiger partial charge in [-0.05, 0) is 31.4 Å². The zero-order valence-electron chi connectivity index (χ0n) is 9.89. The molecule has 1 atom stereocenters. The monoisotopic (exact) mass is 249 g/mol. The molecule has 1 aliphatic rings. The number of aromatic nitrogens is 1. The van der Waals surface area contributed by atoms with E-state index in [0.717, 1.165) is 12.8 Å². The minimum absolute atomic E-state index is 0.123. The van der Waals surface area contributed by atoms with Crippen molar-refractivity contribution in [1.82, 2.24) is 4.98 Å². The highest BCUT2D eigenvalue weighted by molar-refractivity contribution is 5.95. The first-order valence-electron chi connectivity index (χ1n) is 5.86. The van der Waals surface area contributed by atoms with Crippen LogP contribution in [0.3, 0.4) is 0 Å². The van der Waals surface area contributed by atoms with Gasteiger partial charge in [0.15, 0.2) is 0 Å². The quantitative estimate of drug-likeness (QED) is 0.823. The zero-order valence-corrected chi connectivity index (χ0v) is 9.89. The Labute approximate surface area is 105 Å². The number of anilines is 1. The zero-order chi connectivity index (χ0) is 13.0. The summed E-state index contributed by atoms with van der Waals surface area (Å²) in [6.07, 6.45) is 2.24. The standard InChI is InChI=1S/C12H15N3O3/c13-11(16)8-4-3-6-10(14-8)15-12(17)9-5-1-2-7-18-9/h3-4,6,9H,1-2,5,7H2,(H2,13,16)(H,14,15,17). The van der Waals surface area contributed by atoms with Crippen molar-refractivity contribution in [1.29, 1.82) is 0 Å². The Morgan fingerprint density at radius 3 is 2.89 bits per heavy atom. The summed E-state index contributed by atoms with van der Waals surface area (Å²) in [4.78, 5) is 26.8. The van der Waals surface area contributed by atoms with E-state index in [9.17, 15) is 9.59 Å². The van der Waals surface area contributed by atoms with E-state index >= 15 is 0 Å². The van der Waals surface area contributed by atoms with Crippen molar-refractivity contribution in [2.24, 2.45) is 5.73 Å². The molecule has 1 saturated heterocycles. The SMILES string of the molecule is NC(=O)c1cccc(NC(=O)C2CCCCO2)n1. The number of nitrogens with zero attached hydrogens (tertiary/aromatic N) is 1. The third-order valence-corrected chi connectivity index (χ3v) is 2.72. The number of primary amides is 1. The third kappa shape index (κ3) is 3.04. The van der Waals surface area contributed by atoms with Crippen molar-refractivity contribution in [3.05, 3.63) is 23.9 Å². The van der Waals surface area contributed by atoms with Gasteiger partial charge in [-0.3, -0.25) is 9.59 Å². The number of amides is 2.